The molecule has 1 amide bonds. The van der Waals surface area contributed by atoms with Crippen LogP contribution in [0.2, 0.25) is 0 Å². The number of hydrogen-bond acceptors (Lipinski definition) is 3. The number of aliphatic hydroxyl groups is 1. The van der Waals surface area contributed by atoms with Crippen LogP contribution in [0.5, 0.6) is 0 Å². The van der Waals surface area contributed by atoms with Crippen LogP contribution < -0.4 is 5.69 Å². The summed E-state index contributed by atoms with van der Waals surface area (Å²) in [5, 5.41) is 9.67. The highest BCUT2D eigenvalue weighted by Crippen LogP contribution is 2.21. The summed E-state index contributed by atoms with van der Waals surface area (Å²) in [6.07, 6.45) is 1.30. The summed E-state index contributed by atoms with van der Waals surface area (Å²) in [5.74, 6) is 0.235. The van der Waals surface area contributed by atoms with E-state index in [0.717, 1.165) is 23.9 Å². The highest BCUT2D eigenvalue weighted by molar-refractivity contribution is 5.81. The van der Waals surface area contributed by atoms with Crippen molar-refractivity contribution in [2.45, 2.75) is 45.9 Å². The van der Waals surface area contributed by atoms with Gasteiger partial charge in [-0.1, -0.05) is 12.1 Å². The van der Waals surface area contributed by atoms with Crippen LogP contribution in [0.25, 0.3) is 11.0 Å². The largest absolute Gasteiger partial charge is 0.393 e. The molecule has 1 fully saturated rings. The monoisotopic (exact) mass is 331 g/mol. The molecule has 0 spiro atoms. The average Bonchev–Trinajstić information content (AvgIpc) is 2.86. The minimum Gasteiger partial charge on any atom is -0.393 e. The van der Waals surface area contributed by atoms with Crippen molar-refractivity contribution in [3.63, 3.8) is 0 Å². The van der Waals surface area contributed by atoms with Crippen LogP contribution in [-0.4, -0.2) is 44.2 Å². The Kier molecular flexibility index (Phi) is 4.76. The van der Waals surface area contributed by atoms with Crippen molar-refractivity contribution in [3.05, 3.63) is 34.7 Å². The molecule has 1 aromatic carbocycles. The van der Waals surface area contributed by atoms with Crippen molar-refractivity contribution in [3.8, 4) is 0 Å². The number of hydrogen-bond donors (Lipinski definition) is 1. The van der Waals surface area contributed by atoms with E-state index >= 15 is 0 Å². The van der Waals surface area contributed by atoms with Crippen LogP contribution >= 0.6 is 0 Å². The van der Waals surface area contributed by atoms with Gasteiger partial charge in [0, 0.05) is 19.6 Å². The van der Waals surface area contributed by atoms with Gasteiger partial charge in [0.1, 0.15) is 6.54 Å². The first kappa shape index (κ1) is 16.8. The highest BCUT2D eigenvalue weighted by atomic mass is 16.3. The lowest BCUT2D eigenvalue weighted by molar-refractivity contribution is -0.133. The van der Waals surface area contributed by atoms with E-state index in [9.17, 15) is 14.7 Å². The Morgan fingerprint density at radius 1 is 1.21 bits per heavy atom. The van der Waals surface area contributed by atoms with Crippen molar-refractivity contribution in [1.29, 1.82) is 0 Å². The minimum atomic E-state index is -0.326. The summed E-state index contributed by atoms with van der Waals surface area (Å²) in [5.41, 5.74) is 1.54. The first-order valence-electron chi connectivity index (χ1n) is 8.66. The van der Waals surface area contributed by atoms with Crippen molar-refractivity contribution in [2.24, 2.45) is 5.92 Å². The molecule has 0 radical (unpaired) electrons. The number of nitrogens with zero attached hydrogens (tertiary/aromatic N) is 3. The predicted molar refractivity (Wildman–Crippen MR) is 92.9 cm³/mol. The maximum Gasteiger partial charge on any atom is 0.329 e. The predicted octanol–water partition coefficient (Wildman–Crippen LogP) is 1.44. The molecule has 6 nitrogen and oxygen atoms in total. The number of imidazole rings is 1. The fraction of sp³-hybridized carbons (Fsp3) is 0.556. The summed E-state index contributed by atoms with van der Waals surface area (Å²) >= 11 is 0. The van der Waals surface area contributed by atoms with Crippen LogP contribution in [0, 0.1) is 5.92 Å². The topological polar surface area (TPSA) is 67.5 Å². The molecule has 2 heterocycles. The summed E-state index contributed by atoms with van der Waals surface area (Å²) in [6, 6.07) is 7.59. The SMILES string of the molecule is CCn1c(=O)n(CC(=O)N2CCC(C(C)O)CC2)c2ccccc21. The van der Waals surface area contributed by atoms with E-state index in [0.29, 0.717) is 19.6 Å². The van der Waals surface area contributed by atoms with Crippen LogP contribution in [0.15, 0.2) is 29.1 Å². The van der Waals surface area contributed by atoms with Gasteiger partial charge < -0.3 is 10.0 Å². The zero-order valence-electron chi connectivity index (χ0n) is 14.3. The zero-order valence-corrected chi connectivity index (χ0v) is 14.3. The maximum absolute atomic E-state index is 12.6. The number of carbonyl (C=O) groups is 1. The molecular formula is C18H25N3O3. The van der Waals surface area contributed by atoms with Crippen molar-refractivity contribution >= 4 is 16.9 Å². The van der Waals surface area contributed by atoms with Gasteiger partial charge in [-0.3, -0.25) is 13.9 Å². The third kappa shape index (κ3) is 2.98. The number of aryl methyl sites for hydroxylation is 1. The molecule has 1 aromatic heterocycles. The van der Waals surface area contributed by atoms with E-state index in [1.54, 1.807) is 16.1 Å². The Hall–Kier alpha value is -2.08. The van der Waals surface area contributed by atoms with Crippen LogP contribution in [0.4, 0.5) is 0 Å². The second-order valence-corrected chi connectivity index (χ2v) is 6.56. The number of aliphatic hydroxyl groups excluding tert-OH is 1. The smallest absolute Gasteiger partial charge is 0.329 e. The molecule has 6 heteroatoms. The van der Waals surface area contributed by atoms with E-state index in [2.05, 4.69) is 0 Å². The lowest BCUT2D eigenvalue weighted by Crippen LogP contribution is -2.43. The Labute approximate surface area is 141 Å². The van der Waals surface area contributed by atoms with Gasteiger partial charge in [0.2, 0.25) is 5.91 Å². The minimum absolute atomic E-state index is 0.0276. The van der Waals surface area contributed by atoms with Gasteiger partial charge in [0.05, 0.1) is 17.1 Å². The van der Waals surface area contributed by atoms with E-state index in [1.165, 1.54) is 0 Å². The Morgan fingerprint density at radius 3 is 2.33 bits per heavy atom. The first-order chi connectivity index (χ1) is 11.5. The van der Waals surface area contributed by atoms with Crippen LogP contribution in [0.3, 0.4) is 0 Å². The second-order valence-electron chi connectivity index (χ2n) is 6.56. The molecule has 0 bridgehead atoms. The van der Waals surface area contributed by atoms with Crippen molar-refractivity contribution < 1.29 is 9.90 Å². The summed E-state index contributed by atoms with van der Waals surface area (Å²) < 4.78 is 3.27. The van der Waals surface area contributed by atoms with E-state index in [-0.39, 0.29) is 30.2 Å². The van der Waals surface area contributed by atoms with E-state index < -0.39 is 0 Å². The maximum atomic E-state index is 12.6. The lowest BCUT2D eigenvalue weighted by Gasteiger charge is -2.33. The third-order valence-corrected chi connectivity index (χ3v) is 5.11. The standard InChI is InChI=1S/C18H25N3O3/c1-3-20-15-6-4-5-7-16(15)21(18(20)24)12-17(23)19-10-8-14(9-11-19)13(2)22/h4-7,13-14,22H,3,8-12H2,1-2H3. The van der Waals surface area contributed by atoms with E-state index in [1.807, 2.05) is 36.1 Å². The molecule has 1 aliphatic heterocycles. The number of para-hydroxylation sites is 2. The number of likely N-dealkylation sites (tertiary alicyclic amines) is 1. The first-order valence-corrected chi connectivity index (χ1v) is 8.66. The van der Waals surface area contributed by atoms with Gasteiger partial charge in [-0.15, -0.1) is 0 Å². The summed E-state index contributed by atoms with van der Waals surface area (Å²) in [7, 11) is 0. The van der Waals surface area contributed by atoms with Gasteiger partial charge in [-0.25, -0.2) is 4.79 Å². The lowest BCUT2D eigenvalue weighted by atomic mass is 9.92. The quantitative estimate of drug-likeness (QED) is 0.922. The molecule has 1 aliphatic rings. The molecule has 130 valence electrons. The van der Waals surface area contributed by atoms with Crippen LogP contribution in [-0.2, 0) is 17.9 Å². The zero-order chi connectivity index (χ0) is 17.3. The number of fused-ring (bicyclic) bond motifs is 1. The Morgan fingerprint density at radius 2 is 1.79 bits per heavy atom. The molecule has 1 atom stereocenters. The molecular weight excluding hydrogens is 306 g/mol. The van der Waals surface area contributed by atoms with Gasteiger partial charge in [-0.2, -0.15) is 0 Å². The molecule has 24 heavy (non-hydrogen) atoms. The average molecular weight is 331 g/mol. The number of carbonyl (C=O) groups excluding carboxylic acids is 1. The molecule has 1 saturated heterocycles. The van der Waals surface area contributed by atoms with E-state index in [4.69, 9.17) is 0 Å². The molecule has 0 saturated carbocycles. The Bertz CT molecular complexity index is 782. The number of benzene rings is 1. The highest BCUT2D eigenvalue weighted by Gasteiger charge is 2.26. The summed E-state index contributed by atoms with van der Waals surface area (Å²) in [4.78, 5) is 27.0. The molecule has 3 rings (SSSR count). The van der Waals surface area contributed by atoms with Gasteiger partial charge in [0.25, 0.3) is 0 Å². The van der Waals surface area contributed by atoms with Crippen molar-refractivity contribution in [2.75, 3.05) is 13.1 Å². The number of piperidine rings is 1. The van der Waals surface area contributed by atoms with Gasteiger partial charge in [-0.05, 0) is 44.7 Å². The van der Waals surface area contributed by atoms with Gasteiger partial charge in [0.15, 0.2) is 0 Å². The molecule has 1 N–H and O–H groups in total. The normalized spacial score (nSPS) is 17.4. The van der Waals surface area contributed by atoms with Crippen molar-refractivity contribution in [1.82, 2.24) is 14.0 Å². The number of amides is 1. The number of rotatable bonds is 4. The van der Waals surface area contributed by atoms with Gasteiger partial charge >= 0.3 is 5.69 Å². The second kappa shape index (κ2) is 6.81. The number of aromatic nitrogens is 2. The summed E-state index contributed by atoms with van der Waals surface area (Å²) in [6.45, 7) is 5.69. The molecule has 1 unspecified atom stereocenters. The molecule has 2 aromatic rings. The van der Waals surface area contributed by atoms with Crippen LogP contribution in [0.1, 0.15) is 26.7 Å². The Balaban J connectivity index is 1.80. The fourth-order valence-electron chi connectivity index (χ4n) is 3.60. The third-order valence-electron chi connectivity index (χ3n) is 5.11. The molecule has 0 aliphatic carbocycles. The fourth-order valence-corrected chi connectivity index (χ4v) is 3.60.